The number of aryl methyl sites for hydroxylation is 1. The van der Waals surface area contributed by atoms with Crippen molar-refractivity contribution in [2.75, 3.05) is 23.9 Å². The van der Waals surface area contributed by atoms with Crippen molar-refractivity contribution in [2.45, 2.75) is 25.5 Å². The molecule has 0 amide bonds. The maximum absolute atomic E-state index is 5.55. The Bertz CT molecular complexity index is 296. The van der Waals surface area contributed by atoms with Crippen LogP contribution in [0.2, 0.25) is 0 Å². The quantitative estimate of drug-likeness (QED) is 0.803. The van der Waals surface area contributed by atoms with Crippen LogP contribution in [-0.4, -0.2) is 28.0 Å². The summed E-state index contributed by atoms with van der Waals surface area (Å²) in [6, 6.07) is 1.90. The predicted molar refractivity (Wildman–Crippen MR) is 67.3 cm³/mol. The van der Waals surface area contributed by atoms with Crippen molar-refractivity contribution in [3.8, 4) is 0 Å². The van der Waals surface area contributed by atoms with Crippen LogP contribution < -0.4 is 11.1 Å². The predicted octanol–water partition coefficient (Wildman–Crippen LogP) is 1.92. The van der Waals surface area contributed by atoms with Crippen molar-refractivity contribution < 1.29 is 0 Å². The van der Waals surface area contributed by atoms with Crippen LogP contribution in [0.3, 0.4) is 0 Å². The summed E-state index contributed by atoms with van der Waals surface area (Å²) in [6.45, 7) is 5.04. The molecule has 1 aromatic heterocycles. The third kappa shape index (κ3) is 4.38. The van der Waals surface area contributed by atoms with Gasteiger partial charge in [0, 0.05) is 23.6 Å². The maximum atomic E-state index is 5.55. The largest absolute Gasteiger partial charge is 0.370 e. The van der Waals surface area contributed by atoms with E-state index in [1.807, 2.05) is 24.8 Å². The van der Waals surface area contributed by atoms with E-state index in [0.717, 1.165) is 24.5 Å². The van der Waals surface area contributed by atoms with E-state index in [4.69, 9.17) is 5.73 Å². The number of nitrogens with zero attached hydrogens (tertiary/aromatic N) is 2. The number of thioether (sulfide) groups is 1. The molecule has 1 unspecified atom stereocenters. The lowest BCUT2D eigenvalue weighted by Gasteiger charge is -2.10. The van der Waals surface area contributed by atoms with Crippen LogP contribution >= 0.6 is 11.8 Å². The molecular formula is C10H18N4S. The molecule has 3 N–H and O–H groups in total. The monoisotopic (exact) mass is 226 g/mol. The van der Waals surface area contributed by atoms with Crippen LogP contribution in [0.15, 0.2) is 6.07 Å². The molecule has 0 bridgehead atoms. The van der Waals surface area contributed by atoms with Gasteiger partial charge in [0.05, 0.1) is 0 Å². The minimum absolute atomic E-state index is 0.329. The second-order valence-electron chi connectivity index (χ2n) is 3.51. The molecule has 1 heterocycles. The third-order valence-corrected chi connectivity index (χ3v) is 3.17. The van der Waals surface area contributed by atoms with E-state index >= 15 is 0 Å². The van der Waals surface area contributed by atoms with E-state index in [2.05, 4.69) is 28.5 Å². The summed E-state index contributed by atoms with van der Waals surface area (Å²) in [6.07, 6.45) is 3.24. The lowest BCUT2D eigenvalue weighted by Crippen LogP contribution is -2.10. The van der Waals surface area contributed by atoms with Gasteiger partial charge in [-0.3, -0.25) is 0 Å². The fraction of sp³-hybridized carbons (Fsp3) is 0.600. The minimum Gasteiger partial charge on any atom is -0.370 e. The normalized spacial score (nSPS) is 12.5. The van der Waals surface area contributed by atoms with Gasteiger partial charge in [0.25, 0.3) is 0 Å². The van der Waals surface area contributed by atoms with Gasteiger partial charge in [-0.1, -0.05) is 6.92 Å². The second-order valence-corrected chi connectivity index (χ2v) is 4.79. The van der Waals surface area contributed by atoms with E-state index in [1.54, 1.807) is 0 Å². The first-order chi connectivity index (χ1) is 7.11. The van der Waals surface area contributed by atoms with Gasteiger partial charge in [-0.2, -0.15) is 16.7 Å². The molecule has 1 aromatic rings. The van der Waals surface area contributed by atoms with Gasteiger partial charge in [-0.25, -0.2) is 4.98 Å². The summed E-state index contributed by atoms with van der Waals surface area (Å²) in [5.41, 5.74) is 6.44. The van der Waals surface area contributed by atoms with Gasteiger partial charge in [-0.15, -0.1) is 0 Å². The number of hydrogen-bond acceptors (Lipinski definition) is 5. The average molecular weight is 226 g/mol. The number of nitrogen functional groups attached to an aromatic ring is 1. The number of aromatic nitrogens is 2. The standard InChI is InChI=1S/C10H18N4S/c1-7-6-9(14-10(11)13-7)12-5-4-8(2)15-3/h6,8H,4-5H2,1-3H3,(H3,11,12,13,14). The Balaban J connectivity index is 2.43. The van der Waals surface area contributed by atoms with Crippen molar-refractivity contribution in [3.63, 3.8) is 0 Å². The maximum Gasteiger partial charge on any atom is 0.222 e. The smallest absolute Gasteiger partial charge is 0.222 e. The summed E-state index contributed by atoms with van der Waals surface area (Å²) in [5, 5.41) is 3.91. The average Bonchev–Trinajstić information content (AvgIpc) is 2.16. The fourth-order valence-corrected chi connectivity index (χ4v) is 1.56. The van der Waals surface area contributed by atoms with E-state index in [0.29, 0.717) is 11.2 Å². The van der Waals surface area contributed by atoms with Gasteiger partial charge in [-0.05, 0) is 19.6 Å². The van der Waals surface area contributed by atoms with E-state index in [9.17, 15) is 0 Å². The summed E-state index contributed by atoms with van der Waals surface area (Å²) < 4.78 is 0. The van der Waals surface area contributed by atoms with Crippen molar-refractivity contribution in [2.24, 2.45) is 0 Å². The SMILES string of the molecule is CSC(C)CCNc1cc(C)nc(N)n1. The molecule has 0 saturated heterocycles. The van der Waals surface area contributed by atoms with Crippen LogP contribution in [0.25, 0.3) is 0 Å². The lowest BCUT2D eigenvalue weighted by molar-refractivity contribution is 0.849. The third-order valence-electron chi connectivity index (χ3n) is 2.13. The molecule has 5 heteroatoms. The Morgan fingerprint density at radius 2 is 2.27 bits per heavy atom. The molecule has 1 rings (SSSR count). The highest BCUT2D eigenvalue weighted by Gasteiger charge is 2.01. The first kappa shape index (κ1) is 12.1. The molecule has 4 nitrogen and oxygen atoms in total. The number of rotatable bonds is 5. The van der Waals surface area contributed by atoms with Gasteiger partial charge < -0.3 is 11.1 Å². The Hall–Kier alpha value is -0.970. The molecule has 0 saturated carbocycles. The molecule has 0 radical (unpaired) electrons. The van der Waals surface area contributed by atoms with Gasteiger partial charge in [0.15, 0.2) is 0 Å². The molecular weight excluding hydrogens is 208 g/mol. The van der Waals surface area contributed by atoms with Crippen molar-refractivity contribution in [3.05, 3.63) is 11.8 Å². The van der Waals surface area contributed by atoms with Crippen molar-refractivity contribution in [1.29, 1.82) is 0 Å². The first-order valence-corrected chi connectivity index (χ1v) is 6.28. The fourth-order valence-electron chi connectivity index (χ4n) is 1.20. The van der Waals surface area contributed by atoms with Crippen LogP contribution in [0.1, 0.15) is 19.0 Å². The summed E-state index contributed by atoms with van der Waals surface area (Å²) in [4.78, 5) is 8.12. The first-order valence-electron chi connectivity index (χ1n) is 4.99. The van der Waals surface area contributed by atoms with Gasteiger partial charge in [0.2, 0.25) is 5.95 Å². The summed E-state index contributed by atoms with van der Waals surface area (Å²) >= 11 is 1.87. The zero-order chi connectivity index (χ0) is 11.3. The minimum atomic E-state index is 0.329. The number of nitrogens with one attached hydrogen (secondary N) is 1. The molecule has 15 heavy (non-hydrogen) atoms. The molecule has 0 fully saturated rings. The van der Waals surface area contributed by atoms with Crippen molar-refractivity contribution in [1.82, 2.24) is 9.97 Å². The van der Waals surface area contributed by atoms with E-state index in [-0.39, 0.29) is 0 Å². The highest BCUT2D eigenvalue weighted by atomic mass is 32.2. The molecule has 0 spiro atoms. The summed E-state index contributed by atoms with van der Waals surface area (Å²) in [5.74, 6) is 1.14. The molecule has 84 valence electrons. The molecule has 0 aliphatic carbocycles. The Labute approximate surface area is 95.1 Å². The highest BCUT2D eigenvalue weighted by molar-refractivity contribution is 7.99. The lowest BCUT2D eigenvalue weighted by atomic mass is 10.3. The zero-order valence-electron chi connectivity index (χ0n) is 9.45. The van der Waals surface area contributed by atoms with Gasteiger partial charge >= 0.3 is 0 Å². The van der Waals surface area contributed by atoms with Crippen molar-refractivity contribution >= 4 is 23.5 Å². The van der Waals surface area contributed by atoms with Crippen LogP contribution in [0, 0.1) is 6.92 Å². The van der Waals surface area contributed by atoms with Crippen LogP contribution in [0.4, 0.5) is 11.8 Å². The van der Waals surface area contributed by atoms with Crippen LogP contribution in [0.5, 0.6) is 0 Å². The molecule has 0 aliphatic rings. The van der Waals surface area contributed by atoms with E-state index < -0.39 is 0 Å². The Kier molecular flexibility index (Phi) is 4.68. The zero-order valence-corrected chi connectivity index (χ0v) is 10.3. The number of nitrogens with two attached hydrogens (primary N) is 1. The van der Waals surface area contributed by atoms with Crippen LogP contribution in [-0.2, 0) is 0 Å². The molecule has 0 aromatic carbocycles. The molecule has 0 aliphatic heterocycles. The summed E-state index contributed by atoms with van der Waals surface area (Å²) in [7, 11) is 0. The van der Waals surface area contributed by atoms with E-state index in [1.165, 1.54) is 0 Å². The van der Waals surface area contributed by atoms with Gasteiger partial charge in [0.1, 0.15) is 5.82 Å². The Morgan fingerprint density at radius 3 is 2.87 bits per heavy atom. The second kappa shape index (κ2) is 5.80. The molecule has 1 atom stereocenters. The highest BCUT2D eigenvalue weighted by Crippen LogP contribution is 2.11. The topological polar surface area (TPSA) is 63.8 Å². The number of anilines is 2. The number of hydrogen-bond donors (Lipinski definition) is 2. The Morgan fingerprint density at radius 1 is 1.53 bits per heavy atom.